The van der Waals surface area contributed by atoms with Gasteiger partial charge >= 0.3 is 0 Å². The summed E-state index contributed by atoms with van der Waals surface area (Å²) in [5.74, 6) is 1.32. The van der Waals surface area contributed by atoms with E-state index in [-0.39, 0.29) is 29.7 Å². The van der Waals surface area contributed by atoms with Crippen molar-refractivity contribution in [2.45, 2.75) is 26.7 Å². The Kier molecular flexibility index (Phi) is 14.8. The summed E-state index contributed by atoms with van der Waals surface area (Å²) in [5, 5.41) is 6.24. The molecule has 0 aromatic rings. The highest BCUT2D eigenvalue weighted by atomic mass is 127. The zero-order valence-electron chi connectivity index (χ0n) is 15.3. The number of hydrogen-bond acceptors (Lipinski definition) is 5. The molecule has 150 valence electrons. The first-order valence-corrected chi connectivity index (χ1v) is 10.4. The van der Waals surface area contributed by atoms with Crippen molar-refractivity contribution in [1.82, 2.24) is 15.4 Å². The lowest BCUT2D eigenvalue weighted by molar-refractivity contribution is 0.0893. The third kappa shape index (κ3) is 12.8. The third-order valence-electron chi connectivity index (χ3n) is 3.56. The summed E-state index contributed by atoms with van der Waals surface area (Å²) >= 11 is 0. The van der Waals surface area contributed by atoms with Gasteiger partial charge in [0.05, 0.1) is 19.0 Å². The lowest BCUT2D eigenvalue weighted by atomic mass is 10.1. The predicted octanol–water partition coefficient (Wildman–Crippen LogP) is 0.542. The Bertz CT molecular complexity index is 456. The van der Waals surface area contributed by atoms with Crippen molar-refractivity contribution in [1.29, 1.82) is 0 Å². The van der Waals surface area contributed by atoms with E-state index >= 15 is 0 Å². The van der Waals surface area contributed by atoms with Crippen LogP contribution >= 0.6 is 24.0 Å². The van der Waals surface area contributed by atoms with Crippen LogP contribution in [-0.2, 0) is 19.5 Å². The molecule has 10 heteroatoms. The molecule has 8 nitrogen and oxygen atoms in total. The molecule has 0 bridgehead atoms. The van der Waals surface area contributed by atoms with Crippen LogP contribution in [-0.4, -0.2) is 72.7 Å². The summed E-state index contributed by atoms with van der Waals surface area (Å²) in [4.78, 5) is 4.45. The van der Waals surface area contributed by atoms with Crippen molar-refractivity contribution < 1.29 is 17.9 Å². The van der Waals surface area contributed by atoms with Crippen molar-refractivity contribution in [2.24, 2.45) is 10.9 Å². The molecule has 0 aliphatic carbocycles. The summed E-state index contributed by atoms with van der Waals surface area (Å²) in [5.41, 5.74) is 0. The molecule has 1 saturated heterocycles. The van der Waals surface area contributed by atoms with Crippen LogP contribution in [0.4, 0.5) is 0 Å². The minimum atomic E-state index is -3.14. The van der Waals surface area contributed by atoms with E-state index in [0.29, 0.717) is 38.1 Å². The van der Waals surface area contributed by atoms with Crippen molar-refractivity contribution in [2.75, 3.05) is 58.4 Å². The minimum absolute atomic E-state index is 0. The number of halogens is 1. The number of nitrogens with zero attached hydrogens (tertiary/aromatic N) is 1. The van der Waals surface area contributed by atoms with Crippen LogP contribution in [0, 0.1) is 5.92 Å². The first-order chi connectivity index (χ1) is 11.6. The number of hydrogen-bond donors (Lipinski definition) is 3. The Morgan fingerprint density at radius 3 is 2.72 bits per heavy atom. The van der Waals surface area contributed by atoms with Crippen molar-refractivity contribution in [3.8, 4) is 0 Å². The second kappa shape index (κ2) is 14.9. The molecule has 1 aliphatic rings. The molecule has 1 unspecified atom stereocenters. The van der Waals surface area contributed by atoms with Gasteiger partial charge in [-0.15, -0.1) is 24.0 Å². The second-order valence-electron chi connectivity index (χ2n) is 5.64. The van der Waals surface area contributed by atoms with E-state index in [9.17, 15) is 8.42 Å². The minimum Gasteiger partial charge on any atom is -0.381 e. The van der Waals surface area contributed by atoms with Gasteiger partial charge in [-0.25, -0.2) is 13.1 Å². The lowest BCUT2D eigenvalue weighted by Gasteiger charge is -2.12. The third-order valence-corrected chi connectivity index (χ3v) is 4.96. The SMILES string of the molecule is CCNC(=NCCCOCC1CCOC1)NCCNS(=O)(=O)CC.I. The molecule has 1 aliphatic heterocycles. The average molecular weight is 492 g/mol. The zero-order valence-corrected chi connectivity index (χ0v) is 18.4. The Morgan fingerprint density at radius 2 is 2.08 bits per heavy atom. The van der Waals surface area contributed by atoms with Gasteiger partial charge in [-0.2, -0.15) is 0 Å². The van der Waals surface area contributed by atoms with Crippen LogP contribution in [0.2, 0.25) is 0 Å². The highest BCUT2D eigenvalue weighted by Gasteiger charge is 2.15. The standard InChI is InChI=1S/C15H32N4O4S.HI/c1-3-16-15(18-8-9-19-24(20,21)4-2)17-7-5-10-22-12-14-6-11-23-13-14;/h14,19H,3-13H2,1-2H3,(H2,16,17,18);1H. The van der Waals surface area contributed by atoms with Crippen molar-refractivity contribution in [3.63, 3.8) is 0 Å². The predicted molar refractivity (Wildman–Crippen MR) is 111 cm³/mol. The van der Waals surface area contributed by atoms with Crippen LogP contribution in [0.1, 0.15) is 26.7 Å². The molecule has 1 atom stereocenters. The van der Waals surface area contributed by atoms with E-state index in [1.807, 2.05) is 6.92 Å². The molecule has 1 rings (SSSR count). The number of sulfonamides is 1. The molecular weight excluding hydrogens is 459 g/mol. The second-order valence-corrected chi connectivity index (χ2v) is 7.74. The summed E-state index contributed by atoms with van der Waals surface area (Å²) in [6.45, 7) is 8.97. The number of aliphatic imine (C=N–C) groups is 1. The molecule has 0 amide bonds. The smallest absolute Gasteiger partial charge is 0.211 e. The molecule has 1 fully saturated rings. The highest BCUT2D eigenvalue weighted by molar-refractivity contribution is 14.0. The van der Waals surface area contributed by atoms with E-state index in [1.165, 1.54) is 0 Å². The Balaban J connectivity index is 0.00000576. The van der Waals surface area contributed by atoms with Gasteiger partial charge in [0.25, 0.3) is 0 Å². The van der Waals surface area contributed by atoms with E-state index in [4.69, 9.17) is 9.47 Å². The van der Waals surface area contributed by atoms with Gasteiger partial charge < -0.3 is 20.1 Å². The first kappa shape index (κ1) is 24.8. The van der Waals surface area contributed by atoms with E-state index < -0.39 is 10.0 Å². The average Bonchev–Trinajstić information content (AvgIpc) is 3.08. The maximum atomic E-state index is 11.3. The van der Waals surface area contributed by atoms with Crippen molar-refractivity contribution >= 4 is 40.0 Å². The summed E-state index contributed by atoms with van der Waals surface area (Å²) in [7, 11) is -3.14. The van der Waals surface area contributed by atoms with Crippen LogP contribution in [0.3, 0.4) is 0 Å². The van der Waals surface area contributed by atoms with Gasteiger partial charge in [-0.3, -0.25) is 4.99 Å². The summed E-state index contributed by atoms with van der Waals surface area (Å²) in [6, 6.07) is 0. The lowest BCUT2D eigenvalue weighted by Crippen LogP contribution is -2.41. The van der Waals surface area contributed by atoms with Gasteiger partial charge in [-0.05, 0) is 26.7 Å². The molecule has 0 saturated carbocycles. The van der Waals surface area contributed by atoms with Gasteiger partial charge in [0.15, 0.2) is 5.96 Å². The summed E-state index contributed by atoms with van der Waals surface area (Å²) < 4.78 is 36.1. The maximum Gasteiger partial charge on any atom is 0.211 e. The van der Waals surface area contributed by atoms with Gasteiger partial charge in [-0.1, -0.05) is 0 Å². The number of guanidine groups is 1. The number of rotatable bonds is 12. The molecule has 0 aromatic heterocycles. The van der Waals surface area contributed by atoms with Crippen molar-refractivity contribution in [3.05, 3.63) is 0 Å². The topological polar surface area (TPSA) is 101 Å². The highest BCUT2D eigenvalue weighted by Crippen LogP contribution is 2.12. The first-order valence-electron chi connectivity index (χ1n) is 8.72. The monoisotopic (exact) mass is 492 g/mol. The molecule has 1 heterocycles. The molecule has 3 N–H and O–H groups in total. The van der Waals surface area contributed by atoms with Gasteiger partial charge in [0, 0.05) is 45.3 Å². The fraction of sp³-hybridized carbons (Fsp3) is 0.933. The normalized spacial score (nSPS) is 18.0. The molecule has 0 aromatic carbocycles. The van der Waals surface area contributed by atoms with Crippen LogP contribution in [0.25, 0.3) is 0 Å². The molecule has 0 radical (unpaired) electrons. The Morgan fingerprint density at radius 1 is 1.28 bits per heavy atom. The van der Waals surface area contributed by atoms with Gasteiger partial charge in [0.1, 0.15) is 0 Å². The quantitative estimate of drug-likeness (QED) is 0.159. The fourth-order valence-electron chi connectivity index (χ4n) is 2.15. The summed E-state index contributed by atoms with van der Waals surface area (Å²) in [6.07, 6.45) is 1.95. The maximum absolute atomic E-state index is 11.3. The van der Waals surface area contributed by atoms with Gasteiger partial charge in [0.2, 0.25) is 10.0 Å². The number of nitrogens with one attached hydrogen (secondary N) is 3. The van der Waals surface area contributed by atoms with Crippen LogP contribution in [0.5, 0.6) is 0 Å². The number of ether oxygens (including phenoxy) is 2. The Hall–Kier alpha value is -0.170. The van der Waals surface area contributed by atoms with E-state index in [0.717, 1.165) is 39.2 Å². The van der Waals surface area contributed by atoms with E-state index in [2.05, 4.69) is 20.3 Å². The van der Waals surface area contributed by atoms with Crippen LogP contribution in [0.15, 0.2) is 4.99 Å². The van der Waals surface area contributed by atoms with E-state index in [1.54, 1.807) is 6.92 Å². The molecule has 0 spiro atoms. The zero-order chi connectivity index (χ0) is 17.7. The molecular formula is C15H33IN4O4S. The fourth-order valence-corrected chi connectivity index (χ4v) is 2.77. The van der Waals surface area contributed by atoms with Crippen LogP contribution < -0.4 is 15.4 Å². The Labute approximate surface area is 169 Å². The molecule has 25 heavy (non-hydrogen) atoms. The largest absolute Gasteiger partial charge is 0.381 e.